The van der Waals surface area contributed by atoms with E-state index in [1.54, 1.807) is 0 Å². The summed E-state index contributed by atoms with van der Waals surface area (Å²) in [6.45, 7) is 4.74. The zero-order valence-corrected chi connectivity index (χ0v) is 29.7. The number of hydrogen-bond acceptors (Lipinski definition) is 1. The molecule has 0 saturated heterocycles. The van der Waals surface area contributed by atoms with Gasteiger partial charge in [0, 0.05) is 38.2 Å². The maximum atomic E-state index is 2.56. The van der Waals surface area contributed by atoms with Crippen molar-refractivity contribution in [2.75, 3.05) is 4.90 Å². The number of para-hydroxylation sites is 2. The molecular weight excluding hydrogens is 641 g/mol. The van der Waals surface area contributed by atoms with E-state index in [4.69, 9.17) is 0 Å². The summed E-state index contributed by atoms with van der Waals surface area (Å²) in [7, 11) is 0. The quantitative estimate of drug-likeness (QED) is 0.176. The molecule has 0 aliphatic heterocycles. The molecule has 2 heteroatoms. The third-order valence-corrected chi connectivity index (χ3v) is 11.7. The average Bonchev–Trinajstić information content (AvgIpc) is 3.82. The Morgan fingerprint density at radius 3 is 1.74 bits per heavy atom. The van der Waals surface area contributed by atoms with Crippen LogP contribution in [0.5, 0.6) is 0 Å². The van der Waals surface area contributed by atoms with Crippen molar-refractivity contribution in [2.45, 2.75) is 19.3 Å². The molecule has 0 atom stereocenters. The fourth-order valence-electron chi connectivity index (χ4n) is 9.29. The highest BCUT2D eigenvalue weighted by Crippen LogP contribution is 2.56. The molecule has 2 aromatic heterocycles. The van der Waals surface area contributed by atoms with Gasteiger partial charge in [0.15, 0.2) is 0 Å². The SMILES string of the molecule is CC1(C)c2ccccc2-c2c(N(c3cc(-c4ccccc4)cc(-c4ccccc4)c3)c3ccc4c5ccccc5n5c6ccccc6c3c45)cccc21. The first-order valence-electron chi connectivity index (χ1n) is 18.5. The Balaban J connectivity index is 1.30. The first kappa shape index (κ1) is 30.0. The molecule has 2 heterocycles. The lowest BCUT2D eigenvalue weighted by Crippen LogP contribution is -2.16. The largest absolute Gasteiger partial charge is 0.309 e. The van der Waals surface area contributed by atoms with Crippen molar-refractivity contribution in [2.24, 2.45) is 0 Å². The summed E-state index contributed by atoms with van der Waals surface area (Å²) in [6, 6.07) is 67.2. The lowest BCUT2D eigenvalue weighted by Gasteiger charge is -2.30. The number of rotatable bonds is 5. The molecule has 1 aliphatic carbocycles. The molecular formula is C51H36N2. The van der Waals surface area contributed by atoms with Gasteiger partial charge in [0.1, 0.15) is 0 Å². The van der Waals surface area contributed by atoms with E-state index in [1.165, 1.54) is 94.0 Å². The number of fused-ring (bicyclic) bond motifs is 9. The number of aromatic nitrogens is 1. The first-order valence-corrected chi connectivity index (χ1v) is 18.5. The van der Waals surface area contributed by atoms with E-state index in [0.717, 1.165) is 5.69 Å². The summed E-state index contributed by atoms with van der Waals surface area (Å²) in [5, 5.41) is 5.09. The molecule has 0 radical (unpaired) electrons. The zero-order chi connectivity index (χ0) is 35.3. The van der Waals surface area contributed by atoms with E-state index >= 15 is 0 Å². The normalized spacial score (nSPS) is 13.2. The lowest BCUT2D eigenvalue weighted by atomic mass is 9.82. The molecule has 0 bridgehead atoms. The molecule has 0 N–H and O–H groups in total. The van der Waals surface area contributed by atoms with Gasteiger partial charge in [-0.2, -0.15) is 0 Å². The smallest absolute Gasteiger partial charge is 0.0641 e. The number of hydrogen-bond donors (Lipinski definition) is 0. The average molecular weight is 677 g/mol. The van der Waals surface area contributed by atoms with Gasteiger partial charge in [0.05, 0.1) is 27.9 Å². The van der Waals surface area contributed by atoms with Gasteiger partial charge in [0.2, 0.25) is 0 Å². The number of anilines is 3. The van der Waals surface area contributed by atoms with Crippen LogP contribution >= 0.6 is 0 Å². The Morgan fingerprint density at radius 1 is 0.434 bits per heavy atom. The van der Waals surface area contributed by atoms with Crippen molar-refractivity contribution in [3.8, 4) is 33.4 Å². The second-order valence-electron chi connectivity index (χ2n) is 14.9. The van der Waals surface area contributed by atoms with Crippen LogP contribution in [0, 0.1) is 0 Å². The molecule has 250 valence electrons. The zero-order valence-electron chi connectivity index (χ0n) is 29.7. The van der Waals surface area contributed by atoms with Crippen LogP contribution in [-0.2, 0) is 5.41 Å². The van der Waals surface area contributed by atoms with Crippen LogP contribution in [0.2, 0.25) is 0 Å². The molecule has 2 nitrogen and oxygen atoms in total. The molecule has 0 spiro atoms. The van der Waals surface area contributed by atoms with Crippen LogP contribution in [0.3, 0.4) is 0 Å². The third kappa shape index (κ3) is 4.27. The minimum absolute atomic E-state index is 0.130. The van der Waals surface area contributed by atoms with Crippen LogP contribution in [0.4, 0.5) is 17.1 Å². The molecule has 0 unspecified atom stereocenters. The summed E-state index contributed by atoms with van der Waals surface area (Å²) in [5.74, 6) is 0. The monoisotopic (exact) mass is 676 g/mol. The van der Waals surface area contributed by atoms with Crippen molar-refractivity contribution in [1.29, 1.82) is 0 Å². The van der Waals surface area contributed by atoms with Gasteiger partial charge < -0.3 is 9.30 Å². The summed E-state index contributed by atoms with van der Waals surface area (Å²) in [5.41, 5.74) is 17.2. The van der Waals surface area contributed by atoms with E-state index in [1.807, 2.05) is 0 Å². The maximum absolute atomic E-state index is 2.56. The van der Waals surface area contributed by atoms with Crippen molar-refractivity contribution in [1.82, 2.24) is 4.40 Å². The fraction of sp³-hybridized carbons (Fsp3) is 0.0588. The third-order valence-electron chi connectivity index (χ3n) is 11.7. The van der Waals surface area contributed by atoms with Gasteiger partial charge in [-0.3, -0.25) is 0 Å². The Hall–Kier alpha value is -6.64. The highest BCUT2D eigenvalue weighted by Gasteiger charge is 2.38. The van der Waals surface area contributed by atoms with Gasteiger partial charge in [-0.25, -0.2) is 0 Å². The lowest BCUT2D eigenvalue weighted by molar-refractivity contribution is 0.660. The van der Waals surface area contributed by atoms with E-state index in [9.17, 15) is 0 Å². The molecule has 0 amide bonds. The molecule has 11 rings (SSSR count). The van der Waals surface area contributed by atoms with Crippen LogP contribution in [0.25, 0.3) is 71.5 Å². The molecule has 1 aliphatic rings. The maximum Gasteiger partial charge on any atom is 0.0641 e. The van der Waals surface area contributed by atoms with E-state index in [2.05, 4.69) is 205 Å². The highest BCUT2D eigenvalue weighted by molar-refractivity contribution is 6.27. The van der Waals surface area contributed by atoms with Crippen LogP contribution < -0.4 is 4.90 Å². The summed E-state index contributed by atoms with van der Waals surface area (Å²) >= 11 is 0. The topological polar surface area (TPSA) is 7.65 Å². The molecule has 0 saturated carbocycles. The standard InChI is InChI=1S/C51H36N2/c1-51(2)42-23-12-9-21-40(42)48-43(51)24-15-27-46(48)52(37-31-35(33-16-5-3-6-17-33)30-36(32-37)34-18-7-4-8-19-34)47-29-28-39-38-20-10-13-25-44(38)53-45-26-14-11-22-41(45)49(47)50(39)53/h3-32H,1-2H3. The first-order chi connectivity index (χ1) is 26.1. The van der Waals surface area contributed by atoms with E-state index < -0.39 is 0 Å². The van der Waals surface area contributed by atoms with Gasteiger partial charge in [0.25, 0.3) is 0 Å². The van der Waals surface area contributed by atoms with Crippen molar-refractivity contribution in [3.05, 3.63) is 193 Å². The Morgan fingerprint density at radius 2 is 1.02 bits per heavy atom. The van der Waals surface area contributed by atoms with Gasteiger partial charge in [-0.05, 0) is 81.4 Å². The van der Waals surface area contributed by atoms with Crippen molar-refractivity contribution >= 4 is 55.2 Å². The predicted octanol–water partition coefficient (Wildman–Crippen LogP) is 13.9. The Kier molecular flexibility index (Phi) is 6.33. The van der Waals surface area contributed by atoms with Crippen LogP contribution in [-0.4, -0.2) is 4.40 Å². The van der Waals surface area contributed by atoms with Crippen LogP contribution in [0.15, 0.2) is 182 Å². The van der Waals surface area contributed by atoms with Crippen molar-refractivity contribution < 1.29 is 0 Å². The van der Waals surface area contributed by atoms with Gasteiger partial charge in [-0.15, -0.1) is 0 Å². The van der Waals surface area contributed by atoms with Gasteiger partial charge >= 0.3 is 0 Å². The summed E-state index contributed by atoms with van der Waals surface area (Å²) in [6.07, 6.45) is 0. The summed E-state index contributed by atoms with van der Waals surface area (Å²) < 4.78 is 2.49. The number of benzene rings is 8. The molecule has 53 heavy (non-hydrogen) atoms. The van der Waals surface area contributed by atoms with Crippen LogP contribution in [0.1, 0.15) is 25.0 Å². The predicted molar refractivity (Wildman–Crippen MR) is 224 cm³/mol. The van der Waals surface area contributed by atoms with Crippen molar-refractivity contribution in [3.63, 3.8) is 0 Å². The minimum Gasteiger partial charge on any atom is -0.309 e. The second kappa shape index (κ2) is 11.2. The second-order valence-corrected chi connectivity index (χ2v) is 14.9. The molecule has 8 aromatic carbocycles. The highest BCUT2D eigenvalue weighted by atomic mass is 15.2. The minimum atomic E-state index is -0.130. The molecule has 0 fully saturated rings. The fourth-order valence-corrected chi connectivity index (χ4v) is 9.29. The number of nitrogens with zero attached hydrogens (tertiary/aromatic N) is 2. The van der Waals surface area contributed by atoms with E-state index in [-0.39, 0.29) is 5.41 Å². The van der Waals surface area contributed by atoms with Gasteiger partial charge in [-0.1, -0.05) is 153 Å². The molecule has 10 aromatic rings. The summed E-state index contributed by atoms with van der Waals surface area (Å²) in [4.78, 5) is 2.56. The Bertz CT molecular complexity index is 2970. The van der Waals surface area contributed by atoms with E-state index in [0.29, 0.717) is 0 Å². The Labute approximate surface area is 309 Å².